The van der Waals surface area contributed by atoms with Crippen LogP contribution >= 0.6 is 11.3 Å². The van der Waals surface area contributed by atoms with Crippen molar-refractivity contribution in [3.8, 4) is 22.4 Å². The van der Waals surface area contributed by atoms with Crippen LogP contribution in [0.5, 0.6) is 0 Å². The Hall–Kier alpha value is -4.38. The predicted octanol–water partition coefficient (Wildman–Crippen LogP) is 5.20. The first-order chi connectivity index (χ1) is 18.9. The van der Waals surface area contributed by atoms with Crippen molar-refractivity contribution in [3.05, 3.63) is 61.6 Å². The molecule has 1 saturated heterocycles. The summed E-state index contributed by atoms with van der Waals surface area (Å²) < 4.78 is 0.913. The van der Waals surface area contributed by atoms with Gasteiger partial charge in [0.15, 0.2) is 5.13 Å². The molecule has 11 heteroatoms. The van der Waals surface area contributed by atoms with Gasteiger partial charge in [-0.25, -0.2) is 19.7 Å². The van der Waals surface area contributed by atoms with Crippen molar-refractivity contribution in [2.75, 3.05) is 29.9 Å². The Morgan fingerprint density at radius 2 is 1.92 bits per heavy atom. The van der Waals surface area contributed by atoms with Gasteiger partial charge in [-0.2, -0.15) is 0 Å². The van der Waals surface area contributed by atoms with Crippen LogP contribution in [-0.4, -0.2) is 56.7 Å². The standard InChI is InChI=1S/C28H29N7O3S/c1-3-8-28(24(36)37)9-12-35(13-10-28)25-31-16-19(17-32-25)18-14-20(21-7-5-6-11-30-21)23-22(15-18)33-27(39-23)34-26(38)29-4-2/h3,5-7,11,14-17H,1,4,8-10,12-13H2,2H3,(H,36,37)(H2,29,33,34,38). The first-order valence-electron chi connectivity index (χ1n) is 12.7. The Morgan fingerprint density at radius 1 is 1.15 bits per heavy atom. The summed E-state index contributed by atoms with van der Waals surface area (Å²) in [6, 6.07) is 9.42. The number of piperidine rings is 1. The smallest absolute Gasteiger partial charge is 0.321 e. The van der Waals surface area contributed by atoms with Gasteiger partial charge < -0.3 is 15.3 Å². The number of rotatable bonds is 8. The van der Waals surface area contributed by atoms with Gasteiger partial charge in [0.25, 0.3) is 0 Å². The van der Waals surface area contributed by atoms with Gasteiger partial charge in [-0.3, -0.25) is 15.1 Å². The molecule has 0 atom stereocenters. The largest absolute Gasteiger partial charge is 0.481 e. The molecule has 0 bridgehead atoms. The van der Waals surface area contributed by atoms with E-state index in [9.17, 15) is 14.7 Å². The molecule has 0 saturated carbocycles. The monoisotopic (exact) mass is 543 g/mol. The summed E-state index contributed by atoms with van der Waals surface area (Å²) in [4.78, 5) is 44.4. The Bertz CT molecular complexity index is 1500. The summed E-state index contributed by atoms with van der Waals surface area (Å²) in [6.45, 7) is 7.23. The quantitative estimate of drug-likeness (QED) is 0.258. The zero-order chi connectivity index (χ0) is 27.4. The van der Waals surface area contributed by atoms with Crippen LogP contribution in [-0.2, 0) is 4.79 Å². The number of allylic oxidation sites excluding steroid dienone is 1. The topological polar surface area (TPSA) is 133 Å². The molecule has 39 heavy (non-hydrogen) atoms. The normalized spacial score (nSPS) is 14.6. The molecule has 4 aromatic rings. The van der Waals surface area contributed by atoms with Crippen molar-refractivity contribution >= 4 is 44.6 Å². The van der Waals surface area contributed by atoms with Crippen molar-refractivity contribution in [1.82, 2.24) is 25.3 Å². The Labute approximate surface area is 229 Å². The lowest BCUT2D eigenvalue weighted by atomic mass is 9.76. The maximum atomic E-state index is 12.1. The summed E-state index contributed by atoms with van der Waals surface area (Å²) in [7, 11) is 0. The number of pyridine rings is 1. The fraction of sp³-hybridized carbons (Fsp3) is 0.286. The van der Waals surface area contributed by atoms with E-state index < -0.39 is 11.4 Å². The number of carboxylic acid groups (broad SMARTS) is 1. The van der Waals surface area contributed by atoms with Crippen LogP contribution in [0.1, 0.15) is 26.2 Å². The molecule has 4 heterocycles. The van der Waals surface area contributed by atoms with Gasteiger partial charge in [-0.05, 0) is 56.0 Å². The number of urea groups is 1. The van der Waals surface area contributed by atoms with Crippen LogP contribution in [0.4, 0.5) is 15.9 Å². The van der Waals surface area contributed by atoms with Crippen LogP contribution in [0.15, 0.2) is 61.6 Å². The number of nitrogens with one attached hydrogen (secondary N) is 2. The van der Waals surface area contributed by atoms with Crippen molar-refractivity contribution in [1.29, 1.82) is 0 Å². The van der Waals surface area contributed by atoms with Gasteiger partial charge in [0.05, 0.1) is 21.3 Å². The number of thiazole rings is 1. The number of hydrogen-bond donors (Lipinski definition) is 3. The molecule has 3 aromatic heterocycles. The van der Waals surface area contributed by atoms with E-state index in [-0.39, 0.29) is 6.03 Å². The molecule has 2 amide bonds. The van der Waals surface area contributed by atoms with Crippen LogP contribution in [0.3, 0.4) is 0 Å². The van der Waals surface area contributed by atoms with E-state index in [2.05, 4.69) is 37.1 Å². The number of fused-ring (bicyclic) bond motifs is 1. The lowest BCUT2D eigenvalue weighted by molar-refractivity contribution is -0.150. The number of anilines is 2. The second-order valence-corrected chi connectivity index (χ2v) is 10.4. The second-order valence-electron chi connectivity index (χ2n) is 9.43. The summed E-state index contributed by atoms with van der Waals surface area (Å²) >= 11 is 1.39. The number of carbonyl (C=O) groups excluding carboxylic acids is 1. The van der Waals surface area contributed by atoms with Crippen molar-refractivity contribution in [2.45, 2.75) is 26.2 Å². The van der Waals surface area contributed by atoms with Crippen molar-refractivity contribution < 1.29 is 14.7 Å². The molecule has 200 valence electrons. The highest BCUT2D eigenvalue weighted by Gasteiger charge is 2.40. The van der Waals surface area contributed by atoms with Gasteiger partial charge >= 0.3 is 12.0 Å². The van der Waals surface area contributed by atoms with E-state index in [1.165, 1.54) is 11.3 Å². The zero-order valence-electron chi connectivity index (χ0n) is 21.6. The summed E-state index contributed by atoms with van der Waals surface area (Å²) in [6.07, 6.45) is 8.46. The van der Waals surface area contributed by atoms with Gasteiger partial charge in [-0.15, -0.1) is 6.58 Å². The highest BCUT2D eigenvalue weighted by Crippen LogP contribution is 2.39. The fourth-order valence-corrected chi connectivity index (χ4v) is 5.78. The van der Waals surface area contributed by atoms with E-state index >= 15 is 0 Å². The molecule has 0 radical (unpaired) electrons. The first-order valence-corrected chi connectivity index (χ1v) is 13.6. The van der Waals surface area contributed by atoms with Gasteiger partial charge in [-0.1, -0.05) is 23.5 Å². The number of hydrogen-bond acceptors (Lipinski definition) is 8. The highest BCUT2D eigenvalue weighted by molar-refractivity contribution is 7.22. The van der Waals surface area contributed by atoms with E-state index in [4.69, 9.17) is 0 Å². The minimum atomic E-state index is -0.774. The van der Waals surface area contributed by atoms with E-state index in [0.29, 0.717) is 50.0 Å². The molecule has 5 rings (SSSR count). The Morgan fingerprint density at radius 3 is 2.56 bits per heavy atom. The third kappa shape index (κ3) is 5.44. The molecule has 1 aliphatic rings. The van der Waals surface area contributed by atoms with Crippen LogP contribution in [0.2, 0.25) is 0 Å². The molecule has 0 spiro atoms. The predicted molar refractivity (Wildman–Crippen MR) is 153 cm³/mol. The van der Waals surface area contributed by atoms with Gasteiger partial charge in [0.2, 0.25) is 5.95 Å². The molecular weight excluding hydrogens is 514 g/mol. The van der Waals surface area contributed by atoms with E-state index in [1.54, 1.807) is 24.7 Å². The minimum Gasteiger partial charge on any atom is -0.481 e. The maximum Gasteiger partial charge on any atom is 0.321 e. The van der Waals surface area contributed by atoms with Crippen molar-refractivity contribution in [3.63, 3.8) is 0 Å². The SMILES string of the molecule is C=CCC1(C(=O)O)CCN(c2ncc(-c3cc(-c4ccccn4)c4sc(NC(=O)NCC)nc4c3)cn2)CC1. The zero-order valence-corrected chi connectivity index (χ0v) is 22.4. The molecular formula is C28H29N7O3S. The summed E-state index contributed by atoms with van der Waals surface area (Å²) in [5.74, 6) is -0.201. The van der Waals surface area contributed by atoms with E-state index in [1.807, 2.05) is 42.2 Å². The molecule has 0 unspecified atom stereocenters. The van der Waals surface area contributed by atoms with Gasteiger partial charge in [0.1, 0.15) is 0 Å². The average molecular weight is 544 g/mol. The summed E-state index contributed by atoms with van der Waals surface area (Å²) in [5.41, 5.74) is 3.35. The molecule has 1 fully saturated rings. The number of benzene rings is 1. The third-order valence-electron chi connectivity index (χ3n) is 6.95. The lowest BCUT2D eigenvalue weighted by Gasteiger charge is -2.38. The molecule has 3 N–H and O–H groups in total. The molecule has 0 aliphatic carbocycles. The number of carboxylic acids is 1. The number of amides is 2. The Kier molecular flexibility index (Phi) is 7.51. The number of carbonyl (C=O) groups is 2. The van der Waals surface area contributed by atoms with Gasteiger partial charge in [0, 0.05) is 49.4 Å². The first kappa shape index (κ1) is 26.2. The lowest BCUT2D eigenvalue weighted by Crippen LogP contribution is -2.44. The average Bonchev–Trinajstić information content (AvgIpc) is 3.36. The summed E-state index contributed by atoms with van der Waals surface area (Å²) in [5, 5.41) is 15.8. The highest BCUT2D eigenvalue weighted by atomic mass is 32.1. The van der Waals surface area contributed by atoms with Crippen LogP contribution in [0, 0.1) is 5.41 Å². The third-order valence-corrected chi connectivity index (χ3v) is 7.97. The fourth-order valence-electron chi connectivity index (χ4n) is 4.82. The maximum absolute atomic E-state index is 12.1. The number of aliphatic carboxylic acids is 1. The minimum absolute atomic E-state index is 0.303. The molecule has 10 nitrogen and oxygen atoms in total. The van der Waals surface area contributed by atoms with E-state index in [0.717, 1.165) is 32.6 Å². The van der Waals surface area contributed by atoms with Crippen LogP contribution in [0.25, 0.3) is 32.6 Å². The molecule has 1 aliphatic heterocycles. The number of aromatic nitrogens is 4. The second kappa shape index (κ2) is 11.2. The van der Waals surface area contributed by atoms with Crippen molar-refractivity contribution in [2.24, 2.45) is 5.41 Å². The Balaban J connectivity index is 1.44. The van der Waals surface area contributed by atoms with Crippen LogP contribution < -0.4 is 15.5 Å². The number of nitrogens with zero attached hydrogens (tertiary/aromatic N) is 5. The molecule has 1 aromatic carbocycles.